The van der Waals surface area contributed by atoms with Crippen molar-refractivity contribution in [3.63, 3.8) is 0 Å². The number of amides is 1. The third-order valence-corrected chi connectivity index (χ3v) is 3.86. The number of hydrogen-bond acceptors (Lipinski definition) is 3. The van der Waals surface area contributed by atoms with Gasteiger partial charge in [0.05, 0.1) is 31.1 Å². The van der Waals surface area contributed by atoms with Gasteiger partial charge in [-0.15, -0.1) is 0 Å². The second kappa shape index (κ2) is 6.71. The molecule has 2 heterocycles. The fourth-order valence-electron chi connectivity index (χ4n) is 2.29. The van der Waals surface area contributed by atoms with Crippen molar-refractivity contribution in [2.45, 2.75) is 13.1 Å². The summed E-state index contributed by atoms with van der Waals surface area (Å²) in [6.45, 7) is 0.941. The van der Waals surface area contributed by atoms with Gasteiger partial charge in [0.1, 0.15) is 5.76 Å². The van der Waals surface area contributed by atoms with Crippen LogP contribution in [0.2, 0.25) is 5.02 Å². The second-order valence-corrected chi connectivity index (χ2v) is 5.67. The number of halogens is 1. The van der Waals surface area contributed by atoms with E-state index in [-0.39, 0.29) is 5.91 Å². The fourth-order valence-corrected chi connectivity index (χ4v) is 2.49. The number of carbonyl (C=O) groups excluding carboxylic acids is 1. The van der Waals surface area contributed by atoms with Gasteiger partial charge in [-0.2, -0.15) is 5.10 Å². The summed E-state index contributed by atoms with van der Waals surface area (Å²) in [6.07, 6.45) is 4.89. The Morgan fingerprint density at radius 3 is 2.87 bits per heavy atom. The molecule has 0 spiro atoms. The summed E-state index contributed by atoms with van der Waals surface area (Å²) in [4.78, 5) is 14.0. The first kappa shape index (κ1) is 15.4. The molecule has 3 rings (SSSR count). The van der Waals surface area contributed by atoms with Crippen LogP contribution in [0.3, 0.4) is 0 Å². The second-order valence-electron chi connectivity index (χ2n) is 5.26. The zero-order chi connectivity index (χ0) is 16.2. The van der Waals surface area contributed by atoms with E-state index in [1.165, 1.54) is 0 Å². The quantitative estimate of drug-likeness (QED) is 0.720. The van der Waals surface area contributed by atoms with Crippen LogP contribution in [0.15, 0.2) is 59.5 Å². The van der Waals surface area contributed by atoms with Crippen molar-refractivity contribution in [1.82, 2.24) is 14.7 Å². The summed E-state index contributed by atoms with van der Waals surface area (Å²) >= 11 is 6.15. The monoisotopic (exact) mass is 329 g/mol. The molecular formula is C17H16ClN3O2. The lowest BCUT2D eigenvalue weighted by molar-refractivity contribution is 0.0775. The zero-order valence-corrected chi connectivity index (χ0v) is 13.4. The van der Waals surface area contributed by atoms with Gasteiger partial charge < -0.3 is 9.32 Å². The Balaban J connectivity index is 1.68. The summed E-state index contributed by atoms with van der Waals surface area (Å²) in [6, 6.07) is 11.2. The van der Waals surface area contributed by atoms with Crippen molar-refractivity contribution in [1.29, 1.82) is 0 Å². The Morgan fingerprint density at radius 2 is 2.13 bits per heavy atom. The number of hydrogen-bond donors (Lipinski definition) is 0. The van der Waals surface area contributed by atoms with Crippen molar-refractivity contribution >= 4 is 17.5 Å². The minimum Gasteiger partial charge on any atom is -0.467 e. The molecule has 0 fully saturated rings. The van der Waals surface area contributed by atoms with Crippen LogP contribution >= 0.6 is 11.6 Å². The largest absolute Gasteiger partial charge is 0.467 e. The van der Waals surface area contributed by atoms with Gasteiger partial charge in [-0.1, -0.05) is 29.8 Å². The highest BCUT2D eigenvalue weighted by atomic mass is 35.5. The van der Waals surface area contributed by atoms with Gasteiger partial charge in [0.15, 0.2) is 0 Å². The third-order valence-electron chi connectivity index (χ3n) is 3.49. The molecule has 0 atom stereocenters. The van der Waals surface area contributed by atoms with Crippen LogP contribution in [0, 0.1) is 0 Å². The van der Waals surface area contributed by atoms with E-state index in [2.05, 4.69) is 5.10 Å². The maximum absolute atomic E-state index is 12.4. The minimum absolute atomic E-state index is 0.105. The van der Waals surface area contributed by atoms with E-state index in [0.29, 0.717) is 23.7 Å². The molecule has 0 aliphatic heterocycles. The zero-order valence-electron chi connectivity index (χ0n) is 12.6. The Kier molecular flexibility index (Phi) is 4.48. The number of rotatable bonds is 5. The van der Waals surface area contributed by atoms with Gasteiger partial charge in [0.25, 0.3) is 5.91 Å². The van der Waals surface area contributed by atoms with Crippen LogP contribution in [0.5, 0.6) is 0 Å². The predicted octanol–water partition coefficient (Wildman–Crippen LogP) is 3.45. The summed E-state index contributed by atoms with van der Waals surface area (Å²) in [7, 11) is 1.73. The predicted molar refractivity (Wildman–Crippen MR) is 87.3 cm³/mol. The lowest BCUT2D eigenvalue weighted by Crippen LogP contribution is -2.25. The Morgan fingerprint density at radius 1 is 1.30 bits per heavy atom. The molecule has 0 unspecified atom stereocenters. The molecule has 23 heavy (non-hydrogen) atoms. The van der Waals surface area contributed by atoms with E-state index in [1.54, 1.807) is 41.4 Å². The summed E-state index contributed by atoms with van der Waals surface area (Å²) in [5, 5.41) is 4.93. The van der Waals surface area contributed by atoms with Crippen molar-refractivity contribution in [2.75, 3.05) is 7.05 Å². The highest BCUT2D eigenvalue weighted by Crippen LogP contribution is 2.16. The molecule has 0 N–H and O–H groups in total. The molecule has 1 aromatic carbocycles. The van der Waals surface area contributed by atoms with Crippen molar-refractivity contribution in [3.8, 4) is 0 Å². The van der Waals surface area contributed by atoms with E-state index >= 15 is 0 Å². The van der Waals surface area contributed by atoms with Crippen LogP contribution in [0.1, 0.15) is 21.7 Å². The fraction of sp³-hybridized carbons (Fsp3) is 0.176. The molecule has 0 saturated carbocycles. The first-order valence-corrected chi connectivity index (χ1v) is 7.55. The summed E-state index contributed by atoms with van der Waals surface area (Å²) in [5.41, 5.74) is 1.49. The van der Waals surface area contributed by atoms with E-state index in [4.69, 9.17) is 16.0 Å². The van der Waals surface area contributed by atoms with Crippen LogP contribution in [-0.2, 0) is 13.1 Å². The van der Waals surface area contributed by atoms with E-state index < -0.39 is 0 Å². The van der Waals surface area contributed by atoms with Gasteiger partial charge in [0, 0.05) is 18.3 Å². The van der Waals surface area contributed by atoms with Gasteiger partial charge in [-0.25, -0.2) is 0 Å². The molecule has 0 saturated heterocycles. The Hall–Kier alpha value is -2.53. The van der Waals surface area contributed by atoms with Crippen LogP contribution in [0.4, 0.5) is 0 Å². The lowest BCUT2D eigenvalue weighted by atomic mass is 10.2. The summed E-state index contributed by atoms with van der Waals surface area (Å²) < 4.78 is 6.96. The number of aromatic nitrogens is 2. The topological polar surface area (TPSA) is 51.3 Å². The molecule has 0 aliphatic rings. The highest BCUT2D eigenvalue weighted by Gasteiger charge is 2.15. The van der Waals surface area contributed by atoms with Crippen molar-refractivity contribution < 1.29 is 9.21 Å². The Bertz CT molecular complexity index is 796. The molecule has 6 heteroatoms. The highest BCUT2D eigenvalue weighted by molar-refractivity contribution is 6.31. The van der Waals surface area contributed by atoms with Crippen molar-refractivity contribution in [3.05, 3.63) is 77.0 Å². The first-order valence-electron chi connectivity index (χ1n) is 7.17. The molecule has 0 aliphatic carbocycles. The molecule has 0 radical (unpaired) electrons. The molecule has 5 nitrogen and oxygen atoms in total. The number of nitrogens with zero attached hydrogens (tertiary/aromatic N) is 3. The van der Waals surface area contributed by atoms with E-state index in [0.717, 1.165) is 11.3 Å². The van der Waals surface area contributed by atoms with E-state index in [1.807, 2.05) is 30.3 Å². The molecule has 0 bridgehead atoms. The standard InChI is InChI=1S/C17H16ClN3O2/c1-20(12-15-6-4-8-23-15)17(22)14-9-19-21(11-14)10-13-5-2-3-7-16(13)18/h2-9,11H,10,12H2,1H3. The van der Waals surface area contributed by atoms with Crippen LogP contribution < -0.4 is 0 Å². The smallest absolute Gasteiger partial charge is 0.257 e. The van der Waals surface area contributed by atoms with Crippen LogP contribution in [-0.4, -0.2) is 27.6 Å². The number of benzene rings is 1. The summed E-state index contributed by atoms with van der Waals surface area (Å²) in [5.74, 6) is 0.635. The average molecular weight is 330 g/mol. The SMILES string of the molecule is CN(Cc1ccco1)C(=O)c1cnn(Cc2ccccc2Cl)c1. The minimum atomic E-state index is -0.105. The molecule has 3 aromatic rings. The maximum Gasteiger partial charge on any atom is 0.257 e. The van der Waals surface area contributed by atoms with Gasteiger partial charge >= 0.3 is 0 Å². The molecule has 1 amide bonds. The van der Waals surface area contributed by atoms with Gasteiger partial charge in [-0.3, -0.25) is 9.48 Å². The third kappa shape index (κ3) is 3.63. The van der Waals surface area contributed by atoms with Crippen LogP contribution in [0.25, 0.3) is 0 Å². The molecular weight excluding hydrogens is 314 g/mol. The van der Waals surface area contributed by atoms with Gasteiger partial charge in [-0.05, 0) is 23.8 Å². The normalized spacial score (nSPS) is 10.7. The average Bonchev–Trinajstić information content (AvgIpc) is 3.20. The van der Waals surface area contributed by atoms with Crippen molar-refractivity contribution in [2.24, 2.45) is 0 Å². The van der Waals surface area contributed by atoms with E-state index in [9.17, 15) is 4.79 Å². The number of furan rings is 1. The maximum atomic E-state index is 12.4. The Labute approximate surface area is 139 Å². The lowest BCUT2D eigenvalue weighted by Gasteiger charge is -2.14. The first-order chi connectivity index (χ1) is 11.1. The van der Waals surface area contributed by atoms with Gasteiger partial charge in [0.2, 0.25) is 0 Å². The number of carbonyl (C=O) groups is 1. The molecule has 118 valence electrons. The molecule has 2 aromatic heterocycles.